The zero-order valence-electron chi connectivity index (χ0n) is 18.1. The van der Waals surface area contributed by atoms with Crippen molar-refractivity contribution in [1.29, 1.82) is 5.26 Å². The Morgan fingerprint density at radius 3 is 2.63 bits per heavy atom. The van der Waals surface area contributed by atoms with E-state index < -0.39 is 30.7 Å². The van der Waals surface area contributed by atoms with E-state index in [1.165, 1.54) is 30.5 Å². The highest BCUT2D eigenvalue weighted by molar-refractivity contribution is 6.32. The Hall–Kier alpha value is -4.31. The van der Waals surface area contributed by atoms with Gasteiger partial charge in [-0.2, -0.15) is 18.4 Å². The monoisotopic (exact) mass is 508 g/mol. The fourth-order valence-corrected chi connectivity index (χ4v) is 3.10. The molecule has 14 heteroatoms. The quantitative estimate of drug-likeness (QED) is 0.502. The van der Waals surface area contributed by atoms with Gasteiger partial charge < -0.3 is 14.8 Å². The number of nitrogens with one attached hydrogen (secondary N) is 2. The van der Waals surface area contributed by atoms with E-state index in [0.717, 1.165) is 17.9 Å². The van der Waals surface area contributed by atoms with Crippen molar-refractivity contribution >= 4 is 35.0 Å². The first-order chi connectivity index (χ1) is 16.5. The Labute approximate surface area is 201 Å². The maximum Gasteiger partial charge on any atom is 0.422 e. The topological polar surface area (TPSA) is 131 Å². The van der Waals surface area contributed by atoms with Crippen molar-refractivity contribution in [3.63, 3.8) is 0 Å². The van der Waals surface area contributed by atoms with E-state index >= 15 is 0 Å². The molecule has 0 aliphatic rings. The van der Waals surface area contributed by atoms with Crippen molar-refractivity contribution in [2.45, 2.75) is 13.1 Å². The molecule has 0 unspecified atom stereocenters. The molecule has 0 saturated carbocycles. The van der Waals surface area contributed by atoms with E-state index in [1.807, 2.05) is 6.07 Å². The number of nitriles is 1. The normalized spacial score (nSPS) is 10.9. The standard InChI is InChI=1S/C21H16ClF3N6O4/c1-11-6-12(9-26)7-14(28-20(33)34-2)17(11)29-19(32)15-8-16(35-10-21(23,24)25)30-31(15)18-13(22)4-3-5-27-18/h3-8H,10H2,1-2H3,(H,28,33)(H,29,32). The van der Waals surface area contributed by atoms with Crippen LogP contribution in [0.2, 0.25) is 5.02 Å². The van der Waals surface area contributed by atoms with Crippen molar-refractivity contribution in [2.75, 3.05) is 24.4 Å². The van der Waals surface area contributed by atoms with E-state index in [0.29, 0.717) is 5.56 Å². The number of carbonyl (C=O) groups excluding carboxylic acids is 2. The molecule has 3 aromatic rings. The van der Waals surface area contributed by atoms with Gasteiger partial charge in [-0.15, -0.1) is 5.10 Å². The summed E-state index contributed by atoms with van der Waals surface area (Å²) in [7, 11) is 1.13. The molecule has 0 bridgehead atoms. The number of ether oxygens (including phenoxy) is 2. The van der Waals surface area contributed by atoms with Crippen LogP contribution in [0.25, 0.3) is 5.82 Å². The average molecular weight is 509 g/mol. The van der Waals surface area contributed by atoms with Gasteiger partial charge >= 0.3 is 12.3 Å². The van der Waals surface area contributed by atoms with Crippen LogP contribution in [0, 0.1) is 18.3 Å². The summed E-state index contributed by atoms with van der Waals surface area (Å²) in [5.41, 5.74) is 0.490. The molecule has 1 aromatic carbocycles. The molecule has 35 heavy (non-hydrogen) atoms. The van der Waals surface area contributed by atoms with Crippen LogP contribution in [-0.2, 0) is 4.74 Å². The van der Waals surface area contributed by atoms with Gasteiger partial charge in [0.1, 0.15) is 5.69 Å². The SMILES string of the molecule is COC(=O)Nc1cc(C#N)cc(C)c1NC(=O)c1cc(OCC(F)(F)F)nn1-c1ncccc1Cl. The number of nitrogens with zero attached hydrogens (tertiary/aromatic N) is 4. The van der Waals surface area contributed by atoms with Gasteiger partial charge in [-0.1, -0.05) is 11.6 Å². The van der Waals surface area contributed by atoms with E-state index in [4.69, 9.17) is 11.6 Å². The lowest BCUT2D eigenvalue weighted by Crippen LogP contribution is -2.20. The second kappa shape index (κ2) is 10.3. The molecule has 182 valence electrons. The molecule has 2 heterocycles. The lowest BCUT2D eigenvalue weighted by Gasteiger charge is -2.15. The first-order valence-electron chi connectivity index (χ1n) is 9.64. The molecule has 0 spiro atoms. The van der Waals surface area contributed by atoms with Crippen molar-refractivity contribution in [3.8, 4) is 17.8 Å². The molecule has 0 aliphatic heterocycles. The average Bonchev–Trinajstić information content (AvgIpc) is 3.23. The molecule has 0 radical (unpaired) electrons. The van der Waals surface area contributed by atoms with E-state index in [1.54, 1.807) is 6.92 Å². The van der Waals surface area contributed by atoms with Crippen molar-refractivity contribution in [3.05, 3.63) is 58.4 Å². The van der Waals surface area contributed by atoms with Crippen molar-refractivity contribution < 1.29 is 32.2 Å². The molecule has 10 nitrogen and oxygen atoms in total. The Morgan fingerprint density at radius 1 is 1.26 bits per heavy atom. The molecule has 0 saturated heterocycles. The number of hydrogen-bond acceptors (Lipinski definition) is 7. The number of hydrogen-bond donors (Lipinski definition) is 2. The van der Waals surface area contributed by atoms with Crippen LogP contribution in [0.1, 0.15) is 21.6 Å². The molecule has 0 fully saturated rings. The summed E-state index contributed by atoms with van der Waals surface area (Å²) >= 11 is 6.14. The van der Waals surface area contributed by atoms with Gasteiger partial charge in [0.15, 0.2) is 12.4 Å². The van der Waals surface area contributed by atoms with Crippen LogP contribution < -0.4 is 15.4 Å². The van der Waals surface area contributed by atoms with Crippen molar-refractivity contribution in [1.82, 2.24) is 14.8 Å². The number of alkyl halides is 3. The van der Waals surface area contributed by atoms with Gasteiger partial charge in [-0.25, -0.2) is 14.5 Å². The smallest absolute Gasteiger partial charge is 0.422 e. The zero-order chi connectivity index (χ0) is 25.8. The number of carbonyl (C=O) groups is 2. The minimum atomic E-state index is -4.64. The Kier molecular flexibility index (Phi) is 7.46. The van der Waals surface area contributed by atoms with Gasteiger partial charge in [0.2, 0.25) is 5.88 Å². The molecule has 0 atom stereocenters. The second-order valence-corrected chi connectivity index (χ2v) is 7.30. The molecule has 2 amide bonds. The Balaban J connectivity index is 2.04. The van der Waals surface area contributed by atoms with Crippen LogP contribution >= 0.6 is 11.6 Å². The molecule has 0 aliphatic carbocycles. The van der Waals surface area contributed by atoms with Crippen LogP contribution in [0.15, 0.2) is 36.5 Å². The molecule has 3 rings (SSSR count). The molecule has 2 N–H and O–H groups in total. The number of benzene rings is 1. The third-order valence-electron chi connectivity index (χ3n) is 4.37. The van der Waals surface area contributed by atoms with Gasteiger partial charge in [-0.05, 0) is 36.8 Å². The Bertz CT molecular complexity index is 1320. The number of aromatic nitrogens is 3. The van der Waals surface area contributed by atoms with E-state index in [-0.39, 0.29) is 33.5 Å². The van der Waals surface area contributed by atoms with Gasteiger partial charge in [0.05, 0.1) is 35.1 Å². The summed E-state index contributed by atoms with van der Waals surface area (Å²) in [6.45, 7) is -0.0628. The summed E-state index contributed by atoms with van der Waals surface area (Å²) in [5.74, 6) is -1.38. The first kappa shape index (κ1) is 25.3. The fraction of sp³-hybridized carbons (Fsp3) is 0.190. The maximum atomic E-state index is 13.2. The highest BCUT2D eigenvalue weighted by atomic mass is 35.5. The lowest BCUT2D eigenvalue weighted by molar-refractivity contribution is -0.154. The number of rotatable bonds is 6. The number of methoxy groups -OCH3 is 1. The summed E-state index contributed by atoms with van der Waals surface area (Å²) in [6, 6.07) is 8.65. The number of anilines is 2. The minimum Gasteiger partial charge on any atom is -0.467 e. The van der Waals surface area contributed by atoms with E-state index in [9.17, 15) is 28.0 Å². The fourth-order valence-electron chi connectivity index (χ4n) is 2.90. The predicted molar refractivity (Wildman–Crippen MR) is 118 cm³/mol. The first-order valence-corrected chi connectivity index (χ1v) is 10.0. The maximum absolute atomic E-state index is 13.2. The van der Waals surface area contributed by atoms with Crippen LogP contribution in [-0.4, -0.2) is 46.7 Å². The summed E-state index contributed by atoms with van der Waals surface area (Å²) in [5, 5.41) is 18.1. The van der Waals surface area contributed by atoms with E-state index in [2.05, 4.69) is 30.2 Å². The second-order valence-electron chi connectivity index (χ2n) is 6.89. The molecular weight excluding hydrogens is 493 g/mol. The third-order valence-corrected chi connectivity index (χ3v) is 4.66. The third kappa shape index (κ3) is 6.18. The zero-order valence-corrected chi connectivity index (χ0v) is 18.9. The lowest BCUT2D eigenvalue weighted by atomic mass is 10.1. The summed E-state index contributed by atoms with van der Waals surface area (Å²) in [6.07, 6.45) is -4.14. The van der Waals surface area contributed by atoms with Gasteiger partial charge in [0, 0.05) is 12.3 Å². The predicted octanol–water partition coefficient (Wildman–Crippen LogP) is 4.47. The van der Waals surface area contributed by atoms with Gasteiger partial charge in [-0.3, -0.25) is 10.1 Å². The largest absolute Gasteiger partial charge is 0.467 e. The number of pyridine rings is 1. The molecule has 2 aromatic heterocycles. The van der Waals surface area contributed by atoms with Gasteiger partial charge in [0.25, 0.3) is 5.91 Å². The molecular formula is C21H16ClF3N6O4. The minimum absolute atomic E-state index is 0.0364. The highest BCUT2D eigenvalue weighted by Crippen LogP contribution is 2.30. The van der Waals surface area contributed by atoms with Crippen LogP contribution in [0.5, 0.6) is 5.88 Å². The Morgan fingerprint density at radius 2 is 2.00 bits per heavy atom. The number of halogens is 4. The summed E-state index contributed by atoms with van der Waals surface area (Å²) < 4.78 is 48.1. The van der Waals surface area contributed by atoms with Crippen molar-refractivity contribution in [2.24, 2.45) is 0 Å². The summed E-state index contributed by atoms with van der Waals surface area (Å²) in [4.78, 5) is 29.0. The highest BCUT2D eigenvalue weighted by Gasteiger charge is 2.30. The van der Waals surface area contributed by atoms with Crippen LogP contribution in [0.3, 0.4) is 0 Å². The van der Waals surface area contributed by atoms with Crippen LogP contribution in [0.4, 0.5) is 29.3 Å². The number of amides is 2. The number of aryl methyl sites for hydroxylation is 1.